The van der Waals surface area contributed by atoms with Crippen molar-refractivity contribution in [1.82, 2.24) is 29.8 Å². The van der Waals surface area contributed by atoms with Gasteiger partial charge in [0.1, 0.15) is 5.52 Å². The Bertz CT molecular complexity index is 1110. The number of fused-ring (bicyclic) bond motifs is 1. The molecule has 10 heteroatoms. The topological polar surface area (TPSA) is 85.6 Å². The van der Waals surface area contributed by atoms with Crippen LogP contribution in [0.25, 0.3) is 11.2 Å². The van der Waals surface area contributed by atoms with Gasteiger partial charge in [0.2, 0.25) is 0 Å². The summed E-state index contributed by atoms with van der Waals surface area (Å²) >= 11 is 0. The van der Waals surface area contributed by atoms with Gasteiger partial charge < -0.3 is 5.32 Å². The van der Waals surface area contributed by atoms with Gasteiger partial charge in [-0.15, -0.1) is 0 Å². The molecule has 1 aliphatic rings. The van der Waals surface area contributed by atoms with E-state index < -0.39 is 11.9 Å². The lowest BCUT2D eigenvalue weighted by molar-refractivity contribution is -0.142. The van der Waals surface area contributed by atoms with Crippen LogP contribution < -0.4 is 10.9 Å². The molecule has 3 aromatic rings. The fourth-order valence-corrected chi connectivity index (χ4v) is 3.93. The highest BCUT2D eigenvalue weighted by Crippen LogP contribution is 2.31. The number of aromatic nitrogens is 5. The van der Waals surface area contributed by atoms with Gasteiger partial charge in [-0.25, -0.2) is 9.97 Å². The minimum Gasteiger partial charge on any atom is -0.317 e. The van der Waals surface area contributed by atoms with Crippen LogP contribution >= 0.6 is 0 Å². The second kappa shape index (κ2) is 7.51. The lowest BCUT2D eigenvalue weighted by Gasteiger charge is -2.25. The highest BCUT2D eigenvalue weighted by atomic mass is 19.4. The van der Waals surface area contributed by atoms with Gasteiger partial charge in [0.15, 0.2) is 11.3 Å². The lowest BCUT2D eigenvalue weighted by atomic mass is 9.88. The monoisotopic (exact) mass is 404 g/mol. The van der Waals surface area contributed by atoms with Crippen LogP contribution in [0.4, 0.5) is 13.2 Å². The van der Waals surface area contributed by atoms with E-state index in [4.69, 9.17) is 0 Å². The highest BCUT2D eigenvalue weighted by Gasteiger charge is 2.36. The van der Waals surface area contributed by atoms with Crippen molar-refractivity contribution < 1.29 is 13.2 Å². The van der Waals surface area contributed by atoms with E-state index in [1.54, 1.807) is 0 Å². The van der Waals surface area contributed by atoms with E-state index >= 15 is 0 Å². The number of aryl methyl sites for hydroxylation is 1. The van der Waals surface area contributed by atoms with Crippen molar-refractivity contribution >= 4 is 11.2 Å². The van der Waals surface area contributed by atoms with Crippen molar-refractivity contribution in [1.29, 1.82) is 0 Å². The summed E-state index contributed by atoms with van der Waals surface area (Å²) in [5.41, 5.74) is 0.307. The van der Waals surface area contributed by atoms with E-state index in [-0.39, 0.29) is 29.4 Å². The van der Waals surface area contributed by atoms with Crippen molar-refractivity contribution in [3.05, 3.63) is 57.7 Å². The third-order valence-electron chi connectivity index (χ3n) is 5.27. The van der Waals surface area contributed by atoms with Gasteiger partial charge in [0.25, 0.3) is 5.56 Å². The normalized spacial score (nSPS) is 15.7. The number of alkyl halides is 3. The predicted octanol–water partition coefficient (Wildman–Crippen LogP) is 2.42. The summed E-state index contributed by atoms with van der Waals surface area (Å²) in [6.07, 6.45) is 2.00. The molecule has 0 aromatic carbocycles. The minimum absolute atomic E-state index is 0.0188. The number of rotatable bonds is 3. The molecule has 4 heterocycles. The zero-order chi connectivity index (χ0) is 20.6. The molecule has 3 aromatic heterocycles. The summed E-state index contributed by atoms with van der Waals surface area (Å²) in [4.78, 5) is 29.3. The lowest BCUT2D eigenvalue weighted by Crippen LogP contribution is -2.34. The van der Waals surface area contributed by atoms with E-state index in [1.165, 1.54) is 23.2 Å². The average molecular weight is 404 g/mol. The number of hydrogen-bond donors (Lipinski definition) is 1. The smallest absolute Gasteiger partial charge is 0.317 e. The Hall–Kier alpha value is -2.88. The Morgan fingerprint density at radius 3 is 2.45 bits per heavy atom. The van der Waals surface area contributed by atoms with Crippen LogP contribution in [0.1, 0.15) is 41.3 Å². The molecule has 0 bridgehead atoms. The second-order valence-corrected chi connectivity index (χ2v) is 7.03. The van der Waals surface area contributed by atoms with Crippen molar-refractivity contribution in [2.45, 2.75) is 38.4 Å². The van der Waals surface area contributed by atoms with Gasteiger partial charge in [0, 0.05) is 30.4 Å². The summed E-state index contributed by atoms with van der Waals surface area (Å²) in [7, 11) is 0. The third-order valence-corrected chi connectivity index (χ3v) is 5.27. The molecule has 0 amide bonds. The molecule has 152 valence electrons. The first-order valence-corrected chi connectivity index (χ1v) is 9.29. The number of halogens is 3. The van der Waals surface area contributed by atoms with E-state index in [2.05, 4.69) is 25.3 Å². The van der Waals surface area contributed by atoms with Crippen molar-refractivity contribution in [2.24, 2.45) is 0 Å². The quantitative estimate of drug-likeness (QED) is 0.722. The number of hydrogen-bond acceptors (Lipinski definition) is 6. The van der Waals surface area contributed by atoms with Gasteiger partial charge in [0.05, 0.1) is 12.2 Å². The van der Waals surface area contributed by atoms with Crippen LogP contribution in [0, 0.1) is 6.92 Å². The zero-order valence-corrected chi connectivity index (χ0v) is 15.7. The SMILES string of the molecule is Cc1c(C2CCNCC2)c(=O)n(Cc2nccnc2C(F)(F)F)c2nccnc12. The van der Waals surface area contributed by atoms with Gasteiger partial charge in [-0.2, -0.15) is 13.2 Å². The molecule has 0 aliphatic carbocycles. The summed E-state index contributed by atoms with van der Waals surface area (Å²) in [5.74, 6) is 0.0188. The molecule has 0 radical (unpaired) electrons. The summed E-state index contributed by atoms with van der Waals surface area (Å²) in [6, 6.07) is 0. The average Bonchev–Trinajstić information content (AvgIpc) is 2.72. The van der Waals surface area contributed by atoms with Crippen molar-refractivity contribution in [3.8, 4) is 0 Å². The molecule has 1 aliphatic heterocycles. The Kier molecular flexibility index (Phi) is 5.03. The Balaban J connectivity index is 1.92. The highest BCUT2D eigenvalue weighted by molar-refractivity contribution is 5.75. The maximum absolute atomic E-state index is 13.4. The molecule has 0 unspecified atom stereocenters. The van der Waals surface area contributed by atoms with E-state index in [0.717, 1.165) is 37.7 Å². The summed E-state index contributed by atoms with van der Waals surface area (Å²) in [5, 5.41) is 3.26. The number of piperidine rings is 1. The molecule has 29 heavy (non-hydrogen) atoms. The Morgan fingerprint density at radius 1 is 1.07 bits per heavy atom. The number of nitrogens with one attached hydrogen (secondary N) is 1. The molecule has 4 rings (SSSR count). The second-order valence-electron chi connectivity index (χ2n) is 7.03. The van der Waals surface area contributed by atoms with E-state index in [9.17, 15) is 18.0 Å². The summed E-state index contributed by atoms with van der Waals surface area (Å²) in [6.45, 7) is 3.01. The Labute approximate surface area is 164 Å². The van der Waals surface area contributed by atoms with Crippen LogP contribution in [0.3, 0.4) is 0 Å². The van der Waals surface area contributed by atoms with E-state index in [1.807, 2.05) is 6.92 Å². The minimum atomic E-state index is -4.67. The number of nitrogens with zero attached hydrogens (tertiary/aromatic N) is 5. The molecule has 1 N–H and O–H groups in total. The van der Waals surface area contributed by atoms with Gasteiger partial charge >= 0.3 is 6.18 Å². The largest absolute Gasteiger partial charge is 0.435 e. The summed E-state index contributed by atoms with van der Waals surface area (Å²) < 4.78 is 41.4. The number of pyridine rings is 1. The van der Waals surface area contributed by atoms with Crippen LogP contribution in [0.5, 0.6) is 0 Å². The molecule has 0 atom stereocenters. The van der Waals surface area contributed by atoms with Gasteiger partial charge in [-0.3, -0.25) is 19.3 Å². The molecular weight excluding hydrogens is 385 g/mol. The van der Waals surface area contributed by atoms with Gasteiger partial charge in [-0.05, 0) is 44.3 Å². The molecule has 1 saturated heterocycles. The first kappa shape index (κ1) is 19.4. The maximum Gasteiger partial charge on any atom is 0.435 e. The molecular formula is C19H19F3N6O. The van der Waals surface area contributed by atoms with Crippen LogP contribution in [0.2, 0.25) is 0 Å². The van der Waals surface area contributed by atoms with Gasteiger partial charge in [-0.1, -0.05) is 0 Å². The van der Waals surface area contributed by atoms with Crippen molar-refractivity contribution in [3.63, 3.8) is 0 Å². The zero-order valence-electron chi connectivity index (χ0n) is 15.7. The van der Waals surface area contributed by atoms with Crippen molar-refractivity contribution in [2.75, 3.05) is 13.1 Å². The molecule has 0 saturated carbocycles. The first-order valence-electron chi connectivity index (χ1n) is 9.29. The maximum atomic E-state index is 13.4. The molecule has 7 nitrogen and oxygen atoms in total. The van der Waals surface area contributed by atoms with Crippen LogP contribution in [-0.4, -0.2) is 37.6 Å². The fourth-order valence-electron chi connectivity index (χ4n) is 3.93. The van der Waals surface area contributed by atoms with Crippen LogP contribution in [-0.2, 0) is 12.7 Å². The van der Waals surface area contributed by atoms with E-state index in [0.29, 0.717) is 11.1 Å². The predicted molar refractivity (Wildman–Crippen MR) is 99.5 cm³/mol. The molecule has 1 fully saturated rings. The third kappa shape index (κ3) is 3.59. The van der Waals surface area contributed by atoms with Crippen LogP contribution in [0.15, 0.2) is 29.6 Å². The Morgan fingerprint density at radius 2 is 1.72 bits per heavy atom. The molecule has 0 spiro atoms. The fraction of sp³-hybridized carbons (Fsp3) is 0.421. The first-order chi connectivity index (χ1) is 13.9. The standard InChI is InChI=1S/C19H19F3N6O/c1-11-14(12-2-4-23-5-3-12)18(29)28(17-15(11)25-7-9-27-17)10-13-16(19(20,21)22)26-8-6-24-13/h6-9,12,23H,2-5,10H2,1H3.